The highest BCUT2D eigenvalue weighted by Crippen LogP contribution is 2.27. The van der Waals surface area contributed by atoms with Crippen molar-refractivity contribution in [3.05, 3.63) is 66.2 Å². The zero-order valence-electron chi connectivity index (χ0n) is 13.0. The smallest absolute Gasteiger partial charge is 0.255 e. The molecule has 0 saturated carbocycles. The van der Waals surface area contributed by atoms with E-state index in [1.54, 1.807) is 30.4 Å². The Bertz CT molecular complexity index is 741. The third-order valence-electron chi connectivity index (χ3n) is 3.46. The van der Waals surface area contributed by atoms with Gasteiger partial charge in [-0.1, -0.05) is 42.1 Å². The van der Waals surface area contributed by atoms with Gasteiger partial charge in [-0.05, 0) is 36.1 Å². The molecule has 0 N–H and O–H groups in total. The second-order valence-corrected chi connectivity index (χ2v) is 6.78. The Kier molecular flexibility index (Phi) is 6.92. The Morgan fingerprint density at radius 2 is 1.74 bits per heavy atom. The van der Waals surface area contributed by atoms with Gasteiger partial charge in [0, 0.05) is 11.6 Å². The zero-order valence-corrected chi connectivity index (χ0v) is 16.8. The van der Waals surface area contributed by atoms with Gasteiger partial charge in [0.05, 0.1) is 7.11 Å². The summed E-state index contributed by atoms with van der Waals surface area (Å²) in [6.07, 6.45) is 2.13. The van der Waals surface area contributed by atoms with Gasteiger partial charge in [0.1, 0.15) is 22.2 Å². The maximum atomic E-state index is 5.22. The van der Waals surface area contributed by atoms with Gasteiger partial charge in [0.2, 0.25) is 0 Å². The van der Waals surface area contributed by atoms with Crippen molar-refractivity contribution in [2.45, 2.75) is 11.6 Å². The first kappa shape index (κ1) is 18.3. The molecule has 0 fully saturated rings. The van der Waals surface area contributed by atoms with Crippen LogP contribution in [0.15, 0.2) is 65.7 Å². The van der Waals surface area contributed by atoms with Crippen LogP contribution in [0.1, 0.15) is 5.56 Å². The molecule has 120 valence electrons. The number of methoxy groups -OCH3 is 1. The number of hydrogen-bond acceptors (Lipinski definition) is 3. The van der Waals surface area contributed by atoms with Crippen molar-refractivity contribution in [1.29, 1.82) is 0 Å². The quantitative estimate of drug-likeness (QED) is 0.329. The minimum Gasteiger partial charge on any atom is -1.00 e. The summed E-state index contributed by atoms with van der Waals surface area (Å²) in [5.41, 5.74) is 2.55. The van der Waals surface area contributed by atoms with Crippen LogP contribution in [0.25, 0.3) is 10.4 Å². The number of hydrogen-bond donors (Lipinski definition) is 0. The molecule has 2 aromatic carbocycles. The topological polar surface area (TPSA) is 13.1 Å². The lowest BCUT2D eigenvalue weighted by Gasteiger charge is -2.00. The average molecular weight is 455 g/mol. The van der Waals surface area contributed by atoms with E-state index in [4.69, 9.17) is 4.74 Å². The monoisotopic (exact) mass is 455 g/mol. The van der Waals surface area contributed by atoms with E-state index in [9.17, 15) is 0 Å². The van der Waals surface area contributed by atoms with Crippen LogP contribution >= 0.6 is 23.3 Å². The number of benzene rings is 2. The van der Waals surface area contributed by atoms with E-state index in [2.05, 4.69) is 58.7 Å². The second kappa shape index (κ2) is 8.70. The van der Waals surface area contributed by atoms with E-state index in [0.29, 0.717) is 0 Å². The lowest BCUT2D eigenvalue weighted by molar-refractivity contribution is -0.657. The summed E-state index contributed by atoms with van der Waals surface area (Å²) in [6, 6.07) is 21.1. The van der Waals surface area contributed by atoms with E-state index in [-0.39, 0.29) is 24.0 Å². The van der Waals surface area contributed by atoms with Gasteiger partial charge in [0.15, 0.2) is 6.54 Å². The molecule has 23 heavy (non-hydrogen) atoms. The number of aromatic nitrogens is 1. The highest BCUT2D eigenvalue weighted by atomic mass is 127. The Labute approximate surface area is 162 Å². The molecule has 3 rings (SSSR count). The molecule has 0 spiro atoms. The maximum absolute atomic E-state index is 5.22. The average Bonchev–Trinajstić information content (AvgIpc) is 2.99. The fraction of sp³-hybridized carbons (Fsp3) is 0.167. The molecule has 5 heteroatoms. The fourth-order valence-electron chi connectivity index (χ4n) is 2.28. The van der Waals surface area contributed by atoms with E-state index in [1.165, 1.54) is 21.0 Å². The number of thioether (sulfide) groups is 1. The third kappa shape index (κ3) is 4.49. The highest BCUT2D eigenvalue weighted by molar-refractivity contribution is 7.98. The summed E-state index contributed by atoms with van der Waals surface area (Å²) in [7, 11) is 1.70. The number of nitrogens with zero attached hydrogens (tertiary/aromatic N) is 1. The molecule has 0 aliphatic rings. The zero-order chi connectivity index (χ0) is 15.4. The summed E-state index contributed by atoms with van der Waals surface area (Å²) in [4.78, 5) is 1.30. The van der Waals surface area contributed by atoms with Gasteiger partial charge in [-0.3, -0.25) is 0 Å². The van der Waals surface area contributed by atoms with Crippen LogP contribution in [-0.4, -0.2) is 13.4 Å². The van der Waals surface area contributed by atoms with Crippen LogP contribution in [0.4, 0.5) is 0 Å². The molecule has 1 heterocycles. The van der Waals surface area contributed by atoms with E-state index < -0.39 is 0 Å². The molecule has 1 aromatic heterocycles. The SMILES string of the molecule is COc1ccc(C[n+]2sc(-c3ccccc3)cc2SC)cc1.[I-]. The van der Waals surface area contributed by atoms with Crippen LogP contribution < -0.4 is 32.7 Å². The van der Waals surface area contributed by atoms with Gasteiger partial charge in [-0.25, -0.2) is 0 Å². The molecule has 2 nitrogen and oxygen atoms in total. The number of rotatable bonds is 5. The summed E-state index contributed by atoms with van der Waals surface area (Å²) >= 11 is 3.59. The van der Waals surface area contributed by atoms with Gasteiger partial charge < -0.3 is 28.7 Å². The molecule has 0 amide bonds. The van der Waals surface area contributed by atoms with Gasteiger partial charge in [0.25, 0.3) is 5.03 Å². The molecule has 0 aliphatic carbocycles. The molecule has 3 aromatic rings. The van der Waals surface area contributed by atoms with Crippen molar-refractivity contribution in [3.8, 4) is 16.2 Å². The first-order valence-electron chi connectivity index (χ1n) is 7.06. The van der Waals surface area contributed by atoms with Crippen LogP contribution in [0.5, 0.6) is 5.75 Å². The Morgan fingerprint density at radius 1 is 1.04 bits per heavy atom. The molecule has 0 bridgehead atoms. The van der Waals surface area contributed by atoms with Crippen LogP contribution in [-0.2, 0) is 6.54 Å². The van der Waals surface area contributed by atoms with Crippen molar-refractivity contribution in [1.82, 2.24) is 0 Å². The normalized spacial score (nSPS) is 10.2. The predicted octanol–water partition coefficient (Wildman–Crippen LogP) is 1.49. The molecule has 0 atom stereocenters. The third-order valence-corrected chi connectivity index (χ3v) is 5.43. The van der Waals surface area contributed by atoms with Gasteiger partial charge in [-0.2, -0.15) is 0 Å². The van der Waals surface area contributed by atoms with Crippen molar-refractivity contribution in [2.24, 2.45) is 0 Å². The first-order chi connectivity index (χ1) is 10.8. The van der Waals surface area contributed by atoms with Crippen LogP contribution in [0, 0.1) is 0 Å². The standard InChI is InChI=1S/C18H18NOS2.HI/c1-20-16-10-8-14(9-11-16)13-19-18(21-2)12-17(22-19)15-6-4-3-5-7-15;/h3-12H,13H2,1-2H3;1H/q+1;/p-1. The van der Waals surface area contributed by atoms with Gasteiger partial charge >= 0.3 is 0 Å². The van der Waals surface area contributed by atoms with E-state index >= 15 is 0 Å². The van der Waals surface area contributed by atoms with Crippen molar-refractivity contribution >= 4 is 23.3 Å². The molecule has 0 saturated heterocycles. The lowest BCUT2D eigenvalue weighted by atomic mass is 10.2. The second-order valence-electron chi connectivity index (χ2n) is 4.89. The molecule has 0 unspecified atom stereocenters. The summed E-state index contributed by atoms with van der Waals surface area (Å²) < 4.78 is 7.56. The fourth-order valence-corrected chi connectivity index (χ4v) is 4.19. The van der Waals surface area contributed by atoms with Crippen LogP contribution in [0.2, 0.25) is 0 Å². The minimum absolute atomic E-state index is 0. The minimum atomic E-state index is 0. The van der Waals surface area contributed by atoms with Crippen molar-refractivity contribution < 1.29 is 32.7 Å². The first-order valence-corrected chi connectivity index (χ1v) is 9.06. The Morgan fingerprint density at radius 3 is 2.35 bits per heavy atom. The van der Waals surface area contributed by atoms with Crippen molar-refractivity contribution in [3.63, 3.8) is 0 Å². The van der Waals surface area contributed by atoms with Gasteiger partial charge in [-0.15, -0.1) is 3.96 Å². The summed E-state index contributed by atoms with van der Waals surface area (Å²) in [6.45, 7) is 0.887. The molecular formula is C18H18INOS2. The summed E-state index contributed by atoms with van der Waals surface area (Å²) in [5, 5.41) is 1.29. The molecule has 0 radical (unpaired) electrons. The Balaban J connectivity index is 0.00000192. The molecular weight excluding hydrogens is 437 g/mol. The Hall–Kier alpha value is -1.05. The lowest BCUT2D eigenvalue weighted by Crippen LogP contribution is -3.00. The van der Waals surface area contributed by atoms with Crippen LogP contribution in [0.3, 0.4) is 0 Å². The van der Waals surface area contributed by atoms with E-state index in [0.717, 1.165) is 12.3 Å². The van der Waals surface area contributed by atoms with Crippen molar-refractivity contribution in [2.75, 3.05) is 13.4 Å². The molecule has 0 aliphatic heterocycles. The summed E-state index contributed by atoms with van der Waals surface area (Å²) in [5.74, 6) is 0.898. The van der Waals surface area contributed by atoms with E-state index in [1.807, 2.05) is 12.1 Å². The highest BCUT2D eigenvalue weighted by Gasteiger charge is 2.18. The number of halogens is 1. The number of ether oxygens (including phenoxy) is 1. The maximum Gasteiger partial charge on any atom is 0.255 e. The predicted molar refractivity (Wildman–Crippen MR) is 93.8 cm³/mol. The largest absolute Gasteiger partial charge is 1.00 e.